The number of aliphatic hydroxyl groups excluding tert-OH is 2. The van der Waals surface area contributed by atoms with Crippen LogP contribution in [0, 0.1) is 12.7 Å². The molecule has 0 radical (unpaired) electrons. The molecule has 1 aliphatic carbocycles. The van der Waals surface area contributed by atoms with E-state index < -0.39 is 36.1 Å². The molecular weight excluding hydrogens is 447 g/mol. The molecule has 3 heterocycles. The van der Waals surface area contributed by atoms with Gasteiger partial charge in [0.2, 0.25) is 0 Å². The van der Waals surface area contributed by atoms with Crippen LogP contribution >= 0.6 is 0 Å². The molecule has 1 aromatic carbocycles. The van der Waals surface area contributed by atoms with Crippen molar-refractivity contribution in [2.45, 2.75) is 57.4 Å². The molecule has 2 aliphatic rings. The number of anilines is 1. The molecule has 1 aliphatic heterocycles. The third-order valence-corrected chi connectivity index (χ3v) is 6.96. The number of aryl methyl sites for hydroxylation is 2. The molecule has 3 aromatic rings. The van der Waals surface area contributed by atoms with Gasteiger partial charge in [-0.15, -0.1) is 0 Å². The minimum atomic E-state index is -2.90. The summed E-state index contributed by atoms with van der Waals surface area (Å²) < 4.78 is 43.3. The molecule has 5 N–H and O–H groups in total. The van der Waals surface area contributed by atoms with Crippen molar-refractivity contribution in [2.24, 2.45) is 0 Å². The molecule has 3 atom stereocenters. The van der Waals surface area contributed by atoms with E-state index in [0.29, 0.717) is 71.5 Å². The minimum absolute atomic E-state index is 0.336. The van der Waals surface area contributed by atoms with Crippen molar-refractivity contribution in [1.29, 1.82) is 0 Å². The second-order valence-electron chi connectivity index (χ2n) is 8.97. The zero-order valence-corrected chi connectivity index (χ0v) is 18.6. The van der Waals surface area contributed by atoms with Crippen molar-refractivity contribution < 1.29 is 23.4 Å². The maximum absolute atomic E-state index is 14.6. The van der Waals surface area contributed by atoms with Gasteiger partial charge in [-0.05, 0) is 66.6 Å². The lowest BCUT2D eigenvalue weighted by atomic mass is 9.89. The number of aliphatic hydroxyl groups is 2. The molecule has 0 unspecified atom stereocenters. The van der Waals surface area contributed by atoms with Gasteiger partial charge >= 0.3 is 0 Å². The Morgan fingerprint density at radius 1 is 1.24 bits per heavy atom. The van der Waals surface area contributed by atoms with Crippen LogP contribution in [0.15, 0.2) is 30.2 Å². The van der Waals surface area contributed by atoms with Gasteiger partial charge in [0.15, 0.2) is 0 Å². The summed E-state index contributed by atoms with van der Waals surface area (Å²) in [6.45, 7) is 2.81. The Balaban J connectivity index is 1.46. The number of aromatic nitrogens is 3. The molecular formula is C24H26F3N5O2. The topological polar surface area (TPSA) is 109 Å². The zero-order chi connectivity index (χ0) is 24.1. The van der Waals surface area contributed by atoms with Crippen molar-refractivity contribution in [2.75, 3.05) is 12.3 Å². The standard InChI is InChI=1S/C24H26F3N5O2/c1-11-9-32(24-18(11)23(28)30-10-31-24)17-7-13(20(33)21(17)34)3-2-12-6-15(22(26)27)19(25)14-4-5-29-8-16(12)14/h6-7,9-10,17,20-22,29,33-34H,2-5,8H2,1H3,(H2,28,30,31)/t17-,20-,21+/m1/s1. The number of hydrogen-bond acceptors (Lipinski definition) is 6. The maximum Gasteiger partial charge on any atom is 0.266 e. The maximum atomic E-state index is 14.6. The second-order valence-corrected chi connectivity index (χ2v) is 8.97. The van der Waals surface area contributed by atoms with Crippen molar-refractivity contribution in [3.63, 3.8) is 0 Å². The van der Waals surface area contributed by atoms with Crippen molar-refractivity contribution >= 4 is 16.9 Å². The van der Waals surface area contributed by atoms with Crippen molar-refractivity contribution in [3.05, 3.63) is 63.9 Å². The molecule has 0 bridgehead atoms. The van der Waals surface area contributed by atoms with E-state index in [1.165, 1.54) is 12.4 Å². The summed E-state index contributed by atoms with van der Waals surface area (Å²) in [5.41, 5.74) is 9.09. The average molecular weight is 473 g/mol. The van der Waals surface area contributed by atoms with Crippen molar-refractivity contribution in [1.82, 2.24) is 19.9 Å². The van der Waals surface area contributed by atoms with Crippen LogP contribution in [0.4, 0.5) is 19.0 Å². The van der Waals surface area contributed by atoms with Crippen LogP contribution in [0.1, 0.15) is 46.7 Å². The van der Waals surface area contributed by atoms with E-state index >= 15 is 0 Å². The predicted octanol–water partition coefficient (Wildman–Crippen LogP) is 2.88. The highest BCUT2D eigenvalue weighted by atomic mass is 19.3. The summed E-state index contributed by atoms with van der Waals surface area (Å²) >= 11 is 0. The number of nitrogen functional groups attached to an aromatic ring is 1. The predicted molar refractivity (Wildman–Crippen MR) is 121 cm³/mol. The lowest BCUT2D eigenvalue weighted by molar-refractivity contribution is 0.0317. The molecule has 2 aromatic heterocycles. The Kier molecular flexibility index (Phi) is 5.83. The summed E-state index contributed by atoms with van der Waals surface area (Å²) in [7, 11) is 0. The molecule has 7 nitrogen and oxygen atoms in total. The first kappa shape index (κ1) is 22.8. The number of nitrogens with one attached hydrogen (secondary N) is 1. The van der Waals surface area contributed by atoms with E-state index in [9.17, 15) is 23.4 Å². The number of benzene rings is 1. The number of rotatable bonds is 5. The number of nitrogens with zero attached hydrogens (tertiary/aromatic N) is 3. The van der Waals surface area contributed by atoms with Crippen LogP contribution < -0.4 is 11.1 Å². The second kappa shape index (κ2) is 8.68. The van der Waals surface area contributed by atoms with Gasteiger partial charge in [-0.2, -0.15) is 0 Å². The first-order chi connectivity index (χ1) is 16.3. The van der Waals surface area contributed by atoms with Gasteiger partial charge in [-0.1, -0.05) is 6.08 Å². The van der Waals surface area contributed by atoms with E-state index in [4.69, 9.17) is 5.73 Å². The van der Waals surface area contributed by atoms with Crippen LogP contribution in [0.5, 0.6) is 0 Å². The molecule has 34 heavy (non-hydrogen) atoms. The van der Waals surface area contributed by atoms with Crippen LogP contribution in [0.2, 0.25) is 0 Å². The lowest BCUT2D eigenvalue weighted by Crippen LogP contribution is -2.29. The molecule has 0 saturated carbocycles. The summed E-state index contributed by atoms with van der Waals surface area (Å²) in [5.74, 6) is -0.481. The zero-order valence-electron chi connectivity index (χ0n) is 18.6. The molecule has 10 heteroatoms. The first-order valence-electron chi connectivity index (χ1n) is 11.2. The van der Waals surface area contributed by atoms with E-state index in [2.05, 4.69) is 15.3 Å². The summed E-state index contributed by atoms with van der Waals surface area (Å²) in [6, 6.07) is 0.667. The largest absolute Gasteiger partial charge is 0.388 e. The Morgan fingerprint density at radius 3 is 2.79 bits per heavy atom. The minimum Gasteiger partial charge on any atom is -0.388 e. The monoisotopic (exact) mass is 473 g/mol. The van der Waals surface area contributed by atoms with E-state index in [0.717, 1.165) is 5.56 Å². The highest BCUT2D eigenvalue weighted by Crippen LogP contribution is 2.37. The van der Waals surface area contributed by atoms with Crippen LogP contribution in [-0.4, -0.2) is 43.5 Å². The van der Waals surface area contributed by atoms with E-state index in [1.54, 1.807) is 10.6 Å². The first-order valence-corrected chi connectivity index (χ1v) is 11.2. The average Bonchev–Trinajstić information content (AvgIpc) is 3.30. The fourth-order valence-electron chi connectivity index (χ4n) is 5.23. The highest BCUT2D eigenvalue weighted by Gasteiger charge is 2.36. The Hall–Kier alpha value is -2.95. The Morgan fingerprint density at radius 2 is 2.03 bits per heavy atom. The molecule has 0 fully saturated rings. The van der Waals surface area contributed by atoms with Crippen LogP contribution in [0.3, 0.4) is 0 Å². The SMILES string of the molecule is Cc1cn([C@@H]2C=C(CCc3cc(C(F)F)c(F)c4c3CNCC4)[C@@H](O)[C@H]2O)c2ncnc(N)c12. The van der Waals surface area contributed by atoms with Gasteiger partial charge in [0.1, 0.15) is 35.8 Å². The smallest absolute Gasteiger partial charge is 0.266 e. The van der Waals surface area contributed by atoms with Gasteiger partial charge in [0, 0.05) is 12.7 Å². The molecule has 5 rings (SSSR count). The number of nitrogens with two attached hydrogens (primary N) is 1. The van der Waals surface area contributed by atoms with Gasteiger partial charge in [-0.3, -0.25) is 0 Å². The number of alkyl halides is 2. The number of halogens is 3. The van der Waals surface area contributed by atoms with E-state index in [1.807, 2.05) is 13.1 Å². The van der Waals surface area contributed by atoms with Gasteiger partial charge in [-0.25, -0.2) is 23.1 Å². The quantitative estimate of drug-likeness (QED) is 0.425. The van der Waals surface area contributed by atoms with Gasteiger partial charge < -0.3 is 25.8 Å². The van der Waals surface area contributed by atoms with Gasteiger partial charge in [0.05, 0.1) is 17.0 Å². The summed E-state index contributed by atoms with van der Waals surface area (Å²) in [5, 5.41) is 25.4. The Labute approximate surface area is 194 Å². The van der Waals surface area contributed by atoms with Crippen LogP contribution in [0.25, 0.3) is 11.0 Å². The summed E-state index contributed by atoms with van der Waals surface area (Å²) in [4.78, 5) is 8.33. The van der Waals surface area contributed by atoms with Crippen LogP contribution in [-0.2, 0) is 19.4 Å². The molecule has 0 saturated heterocycles. The number of hydrogen-bond donors (Lipinski definition) is 4. The normalized spacial score (nSPS) is 22.4. The van der Waals surface area contributed by atoms with E-state index in [-0.39, 0.29) is 0 Å². The fourth-order valence-corrected chi connectivity index (χ4v) is 5.23. The summed E-state index contributed by atoms with van der Waals surface area (Å²) in [6.07, 6.45) is 0.849. The molecule has 0 spiro atoms. The van der Waals surface area contributed by atoms with Gasteiger partial charge in [0.25, 0.3) is 6.43 Å². The Bertz CT molecular complexity index is 1290. The number of fused-ring (bicyclic) bond motifs is 2. The fraction of sp³-hybridized carbons (Fsp3) is 0.417. The third kappa shape index (κ3) is 3.66. The third-order valence-electron chi connectivity index (χ3n) is 6.96. The highest BCUT2D eigenvalue weighted by molar-refractivity contribution is 5.89. The molecule has 180 valence electrons. The lowest BCUT2D eigenvalue weighted by Gasteiger charge is -2.23. The molecule has 0 amide bonds. The van der Waals surface area contributed by atoms with Crippen molar-refractivity contribution in [3.8, 4) is 0 Å².